The molecule has 0 bridgehead atoms. The van der Waals surface area contributed by atoms with Gasteiger partial charge in [-0.3, -0.25) is 9.69 Å². The van der Waals surface area contributed by atoms with Crippen LogP contribution < -0.4 is 4.74 Å². The molecular formula is C30H35N3O2S2. The first-order valence-corrected chi connectivity index (χ1v) is 14.3. The molecule has 4 rings (SSSR count). The lowest BCUT2D eigenvalue weighted by Gasteiger charge is -2.21. The van der Waals surface area contributed by atoms with Crippen LogP contribution in [-0.4, -0.2) is 38.1 Å². The maximum atomic E-state index is 13.4. The van der Waals surface area contributed by atoms with Gasteiger partial charge in [0.25, 0.3) is 5.91 Å². The number of ether oxygens (including phenoxy) is 1. The first-order chi connectivity index (χ1) is 17.9. The highest BCUT2D eigenvalue weighted by Gasteiger charge is 2.33. The van der Waals surface area contributed by atoms with Crippen molar-refractivity contribution in [2.45, 2.75) is 53.4 Å². The van der Waals surface area contributed by atoms with Crippen molar-refractivity contribution in [1.82, 2.24) is 14.7 Å². The van der Waals surface area contributed by atoms with E-state index in [9.17, 15) is 4.79 Å². The van der Waals surface area contributed by atoms with Gasteiger partial charge in [0.05, 0.1) is 17.2 Å². The summed E-state index contributed by atoms with van der Waals surface area (Å²) < 4.78 is 8.24. The number of benzene rings is 2. The molecular weight excluding hydrogens is 498 g/mol. The van der Waals surface area contributed by atoms with E-state index < -0.39 is 0 Å². The summed E-state index contributed by atoms with van der Waals surface area (Å²) >= 11 is 7.03. The second-order valence-electron chi connectivity index (χ2n) is 9.34. The number of carbonyl (C=O) groups excluding carboxylic acids is 1. The van der Waals surface area contributed by atoms with Crippen molar-refractivity contribution in [1.29, 1.82) is 0 Å². The average molecular weight is 534 g/mol. The van der Waals surface area contributed by atoms with Crippen LogP contribution >= 0.6 is 24.0 Å². The van der Waals surface area contributed by atoms with Gasteiger partial charge in [-0.15, -0.1) is 0 Å². The number of hydrogen-bond donors (Lipinski definition) is 0. The van der Waals surface area contributed by atoms with Crippen molar-refractivity contribution in [3.05, 3.63) is 70.8 Å². The van der Waals surface area contributed by atoms with Crippen molar-refractivity contribution >= 4 is 40.3 Å². The Balaban J connectivity index is 1.70. The SMILES string of the molecule is CCCC[C@H](CC)CN1C(=O)/C(=C/c2cn(-c3ccccc3)nc2-c2ccc(OCC)c(C)c2)SC1=S. The Labute approximate surface area is 229 Å². The van der Waals surface area contributed by atoms with E-state index in [2.05, 4.69) is 19.9 Å². The number of hydrogen-bond acceptors (Lipinski definition) is 5. The quantitative estimate of drug-likeness (QED) is 0.187. The summed E-state index contributed by atoms with van der Waals surface area (Å²) in [6.07, 6.45) is 8.43. The third-order valence-corrected chi connectivity index (χ3v) is 8.03. The molecule has 0 saturated carbocycles. The van der Waals surface area contributed by atoms with Crippen molar-refractivity contribution in [2.75, 3.05) is 13.2 Å². The maximum absolute atomic E-state index is 13.4. The van der Waals surface area contributed by atoms with Gasteiger partial charge in [0, 0.05) is 23.9 Å². The predicted molar refractivity (Wildman–Crippen MR) is 158 cm³/mol. The Hall–Kier alpha value is -2.90. The van der Waals surface area contributed by atoms with Crippen LogP contribution in [0, 0.1) is 12.8 Å². The van der Waals surface area contributed by atoms with Gasteiger partial charge in [-0.2, -0.15) is 5.10 Å². The molecule has 1 fully saturated rings. The molecule has 0 spiro atoms. The zero-order valence-corrected chi connectivity index (χ0v) is 23.7. The van der Waals surface area contributed by atoms with Gasteiger partial charge in [-0.25, -0.2) is 4.68 Å². The lowest BCUT2D eigenvalue weighted by atomic mass is 9.99. The number of thioether (sulfide) groups is 1. The molecule has 1 amide bonds. The van der Waals surface area contributed by atoms with Crippen molar-refractivity contribution in [3.8, 4) is 22.7 Å². The lowest BCUT2D eigenvalue weighted by Crippen LogP contribution is -2.33. The zero-order valence-electron chi connectivity index (χ0n) is 22.1. The molecule has 0 aliphatic carbocycles. The molecule has 194 valence electrons. The largest absolute Gasteiger partial charge is 0.494 e. The van der Waals surface area contributed by atoms with Gasteiger partial charge < -0.3 is 4.74 Å². The highest BCUT2D eigenvalue weighted by atomic mass is 32.2. The number of unbranched alkanes of at least 4 members (excludes halogenated alkanes) is 1. The number of para-hydroxylation sites is 1. The second kappa shape index (κ2) is 12.6. The van der Waals surface area contributed by atoms with Gasteiger partial charge in [0.1, 0.15) is 15.8 Å². The number of thiocarbonyl (C=S) groups is 1. The Morgan fingerprint density at radius 2 is 1.92 bits per heavy atom. The van der Waals surface area contributed by atoms with Crippen LogP contribution in [0.15, 0.2) is 59.6 Å². The van der Waals surface area contributed by atoms with Gasteiger partial charge in [-0.05, 0) is 68.2 Å². The van der Waals surface area contributed by atoms with Gasteiger partial charge in [0.15, 0.2) is 0 Å². The van der Waals surface area contributed by atoms with E-state index in [-0.39, 0.29) is 5.91 Å². The van der Waals surface area contributed by atoms with Gasteiger partial charge in [0.2, 0.25) is 0 Å². The molecule has 0 N–H and O–H groups in total. The van der Waals surface area contributed by atoms with E-state index in [1.165, 1.54) is 18.2 Å². The van der Waals surface area contributed by atoms with Crippen LogP contribution in [0.4, 0.5) is 0 Å². The van der Waals surface area contributed by atoms with E-state index in [0.717, 1.165) is 53.1 Å². The summed E-state index contributed by atoms with van der Waals surface area (Å²) in [6, 6.07) is 16.1. The van der Waals surface area contributed by atoms with E-state index in [1.54, 1.807) is 4.90 Å². The van der Waals surface area contributed by atoms with Crippen LogP contribution in [-0.2, 0) is 4.79 Å². The Morgan fingerprint density at radius 1 is 1.14 bits per heavy atom. The molecule has 2 aromatic carbocycles. The fraction of sp³-hybridized carbons (Fsp3) is 0.367. The van der Waals surface area contributed by atoms with Crippen LogP contribution in [0.5, 0.6) is 5.75 Å². The highest BCUT2D eigenvalue weighted by Crippen LogP contribution is 2.36. The Morgan fingerprint density at radius 3 is 2.59 bits per heavy atom. The molecule has 37 heavy (non-hydrogen) atoms. The molecule has 1 aromatic heterocycles. The summed E-state index contributed by atoms with van der Waals surface area (Å²) in [5.74, 6) is 1.32. The number of aryl methyl sites for hydroxylation is 1. The van der Waals surface area contributed by atoms with Crippen LogP contribution in [0.25, 0.3) is 23.0 Å². The second-order valence-corrected chi connectivity index (χ2v) is 11.0. The number of carbonyl (C=O) groups is 1. The minimum absolute atomic E-state index is 0.00812. The predicted octanol–water partition coefficient (Wildman–Crippen LogP) is 7.66. The fourth-order valence-corrected chi connectivity index (χ4v) is 5.78. The molecule has 7 heteroatoms. The summed E-state index contributed by atoms with van der Waals surface area (Å²) in [4.78, 5) is 15.9. The number of nitrogens with zero attached hydrogens (tertiary/aromatic N) is 3. The maximum Gasteiger partial charge on any atom is 0.266 e. The van der Waals surface area contributed by atoms with Crippen LogP contribution in [0.1, 0.15) is 57.6 Å². The average Bonchev–Trinajstić information content (AvgIpc) is 3.44. The van der Waals surface area contributed by atoms with E-state index >= 15 is 0 Å². The number of aromatic nitrogens is 2. The summed E-state index contributed by atoms with van der Waals surface area (Å²) in [5.41, 5.74) is 4.67. The molecule has 0 radical (unpaired) electrons. The highest BCUT2D eigenvalue weighted by molar-refractivity contribution is 8.26. The van der Waals surface area contributed by atoms with Crippen LogP contribution in [0.3, 0.4) is 0 Å². The van der Waals surface area contributed by atoms with Crippen LogP contribution in [0.2, 0.25) is 0 Å². The summed E-state index contributed by atoms with van der Waals surface area (Å²) in [6.45, 7) is 9.72. The Kier molecular flexibility index (Phi) is 9.22. The first kappa shape index (κ1) is 27.1. The molecule has 1 atom stereocenters. The third kappa shape index (κ3) is 6.33. The molecule has 1 saturated heterocycles. The van der Waals surface area contributed by atoms with Crippen molar-refractivity contribution in [2.24, 2.45) is 5.92 Å². The van der Waals surface area contributed by atoms with Gasteiger partial charge >= 0.3 is 0 Å². The molecule has 3 aromatic rings. The van der Waals surface area contributed by atoms with Gasteiger partial charge in [-0.1, -0.05) is 75.3 Å². The topological polar surface area (TPSA) is 47.4 Å². The van der Waals surface area contributed by atoms with Crippen molar-refractivity contribution < 1.29 is 9.53 Å². The summed E-state index contributed by atoms with van der Waals surface area (Å²) in [7, 11) is 0. The smallest absolute Gasteiger partial charge is 0.266 e. The Bertz CT molecular complexity index is 1280. The molecule has 0 unspecified atom stereocenters. The summed E-state index contributed by atoms with van der Waals surface area (Å²) in [5, 5.41) is 4.93. The zero-order chi connectivity index (χ0) is 26.4. The lowest BCUT2D eigenvalue weighted by molar-refractivity contribution is -0.122. The number of rotatable bonds is 11. The van der Waals surface area contributed by atoms with E-state index in [1.807, 2.05) is 73.3 Å². The van der Waals surface area contributed by atoms with E-state index in [0.29, 0.717) is 28.3 Å². The fourth-order valence-electron chi connectivity index (χ4n) is 4.52. The molecule has 1 aliphatic rings. The monoisotopic (exact) mass is 533 g/mol. The minimum Gasteiger partial charge on any atom is -0.494 e. The molecule has 5 nitrogen and oxygen atoms in total. The normalized spacial score (nSPS) is 15.6. The van der Waals surface area contributed by atoms with Crippen molar-refractivity contribution in [3.63, 3.8) is 0 Å². The standard InChI is InChI=1S/C30H35N3O2S2/c1-5-8-12-22(6-2)19-32-29(34)27(37-30(32)36)18-24-20-33(25-13-10-9-11-14-25)31-28(24)23-15-16-26(35-7-3)21(4)17-23/h9-11,13-18,20,22H,5-8,12,19H2,1-4H3/b27-18-/t22-/m0/s1. The minimum atomic E-state index is -0.00812. The van der Waals surface area contributed by atoms with E-state index in [4.69, 9.17) is 22.1 Å². The molecule has 1 aliphatic heterocycles. The first-order valence-electron chi connectivity index (χ1n) is 13.1. The number of amides is 1. The molecule has 2 heterocycles. The third-order valence-electron chi connectivity index (χ3n) is 6.66.